The van der Waals surface area contributed by atoms with Crippen LogP contribution in [0.4, 0.5) is 0 Å². The third kappa shape index (κ3) is 5.31. The lowest BCUT2D eigenvalue weighted by atomic mass is 10.3. The number of rotatable bonds is 8. The standard InChI is InChI=1S/C15H21N5O2.ClH/c1-12-14(15(21)17-9-8-16-10-11-22-2)18-19-20(12)13-6-4-3-5-7-13;/h3-7,16H,8-11H2,1-2H3,(H,17,21);1H. The number of methoxy groups -OCH3 is 1. The molecule has 126 valence electrons. The minimum absolute atomic E-state index is 0. The number of ether oxygens (including phenoxy) is 1. The summed E-state index contributed by atoms with van der Waals surface area (Å²) >= 11 is 0. The number of halogens is 1. The molecular formula is C15H22ClN5O2. The predicted octanol–water partition coefficient (Wildman–Crippen LogP) is 0.963. The molecule has 23 heavy (non-hydrogen) atoms. The predicted molar refractivity (Wildman–Crippen MR) is 90.4 cm³/mol. The van der Waals surface area contributed by atoms with Gasteiger partial charge < -0.3 is 15.4 Å². The van der Waals surface area contributed by atoms with E-state index in [0.717, 1.165) is 17.9 Å². The van der Waals surface area contributed by atoms with Crippen molar-refractivity contribution in [2.24, 2.45) is 0 Å². The number of carbonyl (C=O) groups is 1. The zero-order valence-electron chi connectivity index (χ0n) is 13.3. The Labute approximate surface area is 141 Å². The summed E-state index contributed by atoms with van der Waals surface area (Å²) in [4.78, 5) is 12.1. The monoisotopic (exact) mass is 339 g/mol. The first-order chi connectivity index (χ1) is 10.7. The minimum Gasteiger partial charge on any atom is -0.383 e. The van der Waals surface area contributed by atoms with Crippen molar-refractivity contribution >= 4 is 18.3 Å². The second kappa shape index (κ2) is 9.94. The van der Waals surface area contributed by atoms with Crippen LogP contribution >= 0.6 is 12.4 Å². The van der Waals surface area contributed by atoms with Gasteiger partial charge in [-0.1, -0.05) is 23.4 Å². The van der Waals surface area contributed by atoms with E-state index in [1.165, 1.54) is 0 Å². The molecule has 0 unspecified atom stereocenters. The zero-order chi connectivity index (χ0) is 15.8. The van der Waals surface area contributed by atoms with Crippen LogP contribution in [0.3, 0.4) is 0 Å². The smallest absolute Gasteiger partial charge is 0.273 e. The highest BCUT2D eigenvalue weighted by Crippen LogP contribution is 2.11. The van der Waals surface area contributed by atoms with Crippen molar-refractivity contribution in [1.82, 2.24) is 25.6 Å². The Kier molecular flexibility index (Phi) is 8.25. The summed E-state index contributed by atoms with van der Waals surface area (Å²) in [7, 11) is 1.66. The maximum atomic E-state index is 12.1. The summed E-state index contributed by atoms with van der Waals surface area (Å²) in [5.74, 6) is -0.215. The number of amides is 1. The number of nitrogens with zero attached hydrogens (tertiary/aromatic N) is 3. The van der Waals surface area contributed by atoms with Crippen molar-refractivity contribution in [3.05, 3.63) is 41.7 Å². The van der Waals surface area contributed by atoms with Gasteiger partial charge >= 0.3 is 0 Å². The molecule has 1 aromatic carbocycles. The Hall–Kier alpha value is -1.96. The molecule has 0 aliphatic rings. The lowest BCUT2D eigenvalue weighted by molar-refractivity contribution is 0.0948. The van der Waals surface area contributed by atoms with Crippen LogP contribution in [0.15, 0.2) is 30.3 Å². The average molecular weight is 340 g/mol. The van der Waals surface area contributed by atoms with Gasteiger partial charge in [-0.3, -0.25) is 4.79 Å². The van der Waals surface area contributed by atoms with Crippen LogP contribution in [0.2, 0.25) is 0 Å². The number of hydrogen-bond donors (Lipinski definition) is 2. The minimum atomic E-state index is -0.215. The third-order valence-electron chi connectivity index (χ3n) is 3.18. The third-order valence-corrected chi connectivity index (χ3v) is 3.18. The van der Waals surface area contributed by atoms with Gasteiger partial charge in [0.25, 0.3) is 5.91 Å². The SMILES string of the molecule is COCCNCCNC(=O)c1nnn(-c2ccccc2)c1C.Cl. The summed E-state index contributed by atoms with van der Waals surface area (Å²) in [5.41, 5.74) is 1.95. The maximum absolute atomic E-state index is 12.1. The highest BCUT2D eigenvalue weighted by molar-refractivity contribution is 5.93. The number of carbonyl (C=O) groups excluding carboxylic acids is 1. The Morgan fingerprint density at radius 2 is 1.96 bits per heavy atom. The van der Waals surface area contributed by atoms with Crippen molar-refractivity contribution < 1.29 is 9.53 Å². The van der Waals surface area contributed by atoms with E-state index in [9.17, 15) is 4.79 Å². The van der Waals surface area contributed by atoms with Crippen molar-refractivity contribution in [2.75, 3.05) is 33.4 Å². The van der Waals surface area contributed by atoms with Gasteiger partial charge in [0.15, 0.2) is 5.69 Å². The fourth-order valence-corrected chi connectivity index (χ4v) is 2.00. The molecule has 2 rings (SSSR count). The van der Waals surface area contributed by atoms with E-state index in [2.05, 4.69) is 20.9 Å². The second-order valence-electron chi connectivity index (χ2n) is 4.77. The van der Waals surface area contributed by atoms with Crippen molar-refractivity contribution in [1.29, 1.82) is 0 Å². The molecule has 2 aromatic rings. The number of nitrogens with one attached hydrogen (secondary N) is 2. The van der Waals surface area contributed by atoms with Gasteiger partial charge in [-0.05, 0) is 19.1 Å². The summed E-state index contributed by atoms with van der Waals surface area (Å²) in [6.45, 7) is 4.45. The van der Waals surface area contributed by atoms with E-state index >= 15 is 0 Å². The number of para-hydroxylation sites is 1. The molecule has 0 saturated carbocycles. The number of aromatic nitrogens is 3. The molecule has 0 aliphatic carbocycles. The number of benzene rings is 1. The molecular weight excluding hydrogens is 318 g/mol. The van der Waals surface area contributed by atoms with Crippen LogP contribution in [0.25, 0.3) is 5.69 Å². The van der Waals surface area contributed by atoms with Gasteiger partial charge in [0, 0.05) is 26.7 Å². The largest absolute Gasteiger partial charge is 0.383 e. The van der Waals surface area contributed by atoms with Crippen molar-refractivity contribution in [2.45, 2.75) is 6.92 Å². The van der Waals surface area contributed by atoms with Crippen LogP contribution in [0, 0.1) is 6.92 Å². The van der Waals surface area contributed by atoms with Gasteiger partial charge in [-0.15, -0.1) is 17.5 Å². The van der Waals surface area contributed by atoms with E-state index < -0.39 is 0 Å². The van der Waals surface area contributed by atoms with Crippen LogP contribution in [-0.4, -0.2) is 54.3 Å². The van der Waals surface area contributed by atoms with E-state index in [1.54, 1.807) is 11.8 Å². The highest BCUT2D eigenvalue weighted by Gasteiger charge is 2.16. The van der Waals surface area contributed by atoms with Crippen LogP contribution in [0.5, 0.6) is 0 Å². The van der Waals surface area contributed by atoms with Crippen molar-refractivity contribution in [3.8, 4) is 5.69 Å². The first-order valence-electron chi connectivity index (χ1n) is 7.19. The van der Waals surface area contributed by atoms with Gasteiger partial charge in [-0.25, -0.2) is 4.68 Å². The fraction of sp³-hybridized carbons (Fsp3) is 0.400. The van der Waals surface area contributed by atoms with E-state index in [-0.39, 0.29) is 18.3 Å². The molecule has 0 atom stereocenters. The molecule has 0 fully saturated rings. The molecule has 2 N–H and O–H groups in total. The molecule has 0 bridgehead atoms. The normalized spacial score (nSPS) is 10.2. The molecule has 0 spiro atoms. The van der Waals surface area contributed by atoms with Gasteiger partial charge in [0.2, 0.25) is 0 Å². The van der Waals surface area contributed by atoms with E-state index in [1.807, 2.05) is 37.3 Å². The summed E-state index contributed by atoms with van der Waals surface area (Å²) < 4.78 is 6.59. The second-order valence-corrected chi connectivity index (χ2v) is 4.77. The lowest BCUT2D eigenvalue weighted by Crippen LogP contribution is -2.33. The molecule has 0 aliphatic heterocycles. The van der Waals surface area contributed by atoms with Crippen LogP contribution in [-0.2, 0) is 4.74 Å². The zero-order valence-corrected chi connectivity index (χ0v) is 14.1. The number of hydrogen-bond acceptors (Lipinski definition) is 5. The average Bonchev–Trinajstić information content (AvgIpc) is 2.93. The molecule has 7 nitrogen and oxygen atoms in total. The van der Waals surface area contributed by atoms with Crippen LogP contribution in [0.1, 0.15) is 16.2 Å². The van der Waals surface area contributed by atoms with Gasteiger partial charge in [0.05, 0.1) is 18.0 Å². The topological polar surface area (TPSA) is 81.1 Å². The lowest BCUT2D eigenvalue weighted by Gasteiger charge is -2.06. The summed E-state index contributed by atoms with van der Waals surface area (Å²) in [6, 6.07) is 9.61. The first kappa shape index (κ1) is 19.1. The van der Waals surface area contributed by atoms with Crippen molar-refractivity contribution in [3.63, 3.8) is 0 Å². The van der Waals surface area contributed by atoms with E-state index in [0.29, 0.717) is 25.4 Å². The summed E-state index contributed by atoms with van der Waals surface area (Å²) in [6.07, 6.45) is 0. The van der Waals surface area contributed by atoms with Gasteiger partial charge in [-0.2, -0.15) is 0 Å². The maximum Gasteiger partial charge on any atom is 0.273 e. The molecule has 1 aromatic heterocycles. The quantitative estimate of drug-likeness (QED) is 0.700. The molecule has 8 heteroatoms. The highest BCUT2D eigenvalue weighted by atomic mass is 35.5. The Morgan fingerprint density at radius 1 is 1.22 bits per heavy atom. The Morgan fingerprint density at radius 3 is 2.65 bits per heavy atom. The summed E-state index contributed by atoms with van der Waals surface area (Å²) in [5, 5.41) is 14.0. The van der Waals surface area contributed by atoms with Crippen LogP contribution < -0.4 is 10.6 Å². The Balaban J connectivity index is 0.00000264. The van der Waals surface area contributed by atoms with Gasteiger partial charge in [0.1, 0.15) is 0 Å². The Bertz CT molecular complexity index is 603. The van der Waals surface area contributed by atoms with E-state index in [4.69, 9.17) is 4.74 Å². The molecule has 0 radical (unpaired) electrons. The fourth-order valence-electron chi connectivity index (χ4n) is 2.00. The first-order valence-corrected chi connectivity index (χ1v) is 7.19. The molecule has 1 amide bonds. The molecule has 0 saturated heterocycles. The molecule has 1 heterocycles.